The molecule has 1 aromatic carbocycles. The SMILES string of the molecule is CCN(C/C=C/c1ccccc1)CCCCO. The normalized spacial score (nSPS) is 11.5. The molecule has 0 spiro atoms. The molecule has 0 radical (unpaired) electrons. The lowest BCUT2D eigenvalue weighted by atomic mass is 10.2. The van der Waals surface area contributed by atoms with E-state index in [1.54, 1.807) is 0 Å². The molecule has 0 aliphatic rings. The van der Waals surface area contributed by atoms with Crippen molar-refractivity contribution in [2.75, 3.05) is 26.2 Å². The van der Waals surface area contributed by atoms with Crippen LogP contribution in [0.3, 0.4) is 0 Å². The van der Waals surface area contributed by atoms with E-state index in [2.05, 4.69) is 48.2 Å². The molecule has 17 heavy (non-hydrogen) atoms. The van der Waals surface area contributed by atoms with Gasteiger partial charge in [0.05, 0.1) is 0 Å². The summed E-state index contributed by atoms with van der Waals surface area (Å²) < 4.78 is 0. The number of nitrogens with zero attached hydrogens (tertiary/aromatic N) is 1. The molecule has 2 nitrogen and oxygen atoms in total. The van der Waals surface area contributed by atoms with Gasteiger partial charge in [-0.1, -0.05) is 49.4 Å². The first-order valence-corrected chi connectivity index (χ1v) is 6.41. The minimum absolute atomic E-state index is 0.303. The molecule has 0 bridgehead atoms. The zero-order valence-corrected chi connectivity index (χ0v) is 10.7. The number of hydrogen-bond acceptors (Lipinski definition) is 2. The Kier molecular flexibility index (Phi) is 7.35. The average molecular weight is 233 g/mol. The highest BCUT2D eigenvalue weighted by Crippen LogP contribution is 2.02. The molecule has 0 aliphatic heterocycles. The molecule has 94 valence electrons. The van der Waals surface area contributed by atoms with Gasteiger partial charge in [-0.25, -0.2) is 0 Å². The lowest BCUT2D eigenvalue weighted by molar-refractivity contribution is 0.259. The monoisotopic (exact) mass is 233 g/mol. The smallest absolute Gasteiger partial charge is 0.0431 e. The van der Waals surface area contributed by atoms with E-state index in [9.17, 15) is 0 Å². The molecule has 0 saturated carbocycles. The summed E-state index contributed by atoms with van der Waals surface area (Å²) in [4.78, 5) is 2.38. The van der Waals surface area contributed by atoms with Gasteiger partial charge in [0.25, 0.3) is 0 Å². The van der Waals surface area contributed by atoms with Crippen LogP contribution in [0, 0.1) is 0 Å². The van der Waals surface area contributed by atoms with Crippen LogP contribution in [0.5, 0.6) is 0 Å². The van der Waals surface area contributed by atoms with Crippen LogP contribution in [-0.4, -0.2) is 36.2 Å². The summed E-state index contributed by atoms with van der Waals surface area (Å²) in [5, 5.41) is 8.74. The van der Waals surface area contributed by atoms with Gasteiger partial charge in [-0.3, -0.25) is 4.90 Å². The maximum Gasteiger partial charge on any atom is 0.0431 e. The molecule has 0 aromatic heterocycles. The first-order chi connectivity index (χ1) is 8.36. The van der Waals surface area contributed by atoms with Gasteiger partial charge in [0.2, 0.25) is 0 Å². The number of hydrogen-bond donors (Lipinski definition) is 1. The van der Waals surface area contributed by atoms with Crippen molar-refractivity contribution in [3.8, 4) is 0 Å². The second kappa shape index (κ2) is 8.97. The van der Waals surface area contributed by atoms with Crippen molar-refractivity contribution in [1.29, 1.82) is 0 Å². The molecule has 1 aromatic rings. The summed E-state index contributed by atoms with van der Waals surface area (Å²) in [5.41, 5.74) is 1.25. The van der Waals surface area contributed by atoms with Gasteiger partial charge in [0, 0.05) is 13.2 Å². The Morgan fingerprint density at radius 2 is 1.94 bits per heavy atom. The zero-order valence-electron chi connectivity index (χ0n) is 10.7. The van der Waals surface area contributed by atoms with Crippen molar-refractivity contribution >= 4 is 6.08 Å². The highest BCUT2D eigenvalue weighted by Gasteiger charge is 1.98. The average Bonchev–Trinajstić information content (AvgIpc) is 2.38. The fourth-order valence-corrected chi connectivity index (χ4v) is 1.73. The highest BCUT2D eigenvalue weighted by atomic mass is 16.2. The Morgan fingerprint density at radius 3 is 2.59 bits per heavy atom. The van der Waals surface area contributed by atoms with Crippen LogP contribution in [0.15, 0.2) is 36.4 Å². The minimum atomic E-state index is 0.303. The minimum Gasteiger partial charge on any atom is -0.396 e. The third-order valence-electron chi connectivity index (χ3n) is 2.80. The Morgan fingerprint density at radius 1 is 1.18 bits per heavy atom. The van der Waals surface area contributed by atoms with E-state index in [1.165, 1.54) is 5.56 Å². The lowest BCUT2D eigenvalue weighted by Crippen LogP contribution is -2.24. The molecule has 0 amide bonds. The number of aliphatic hydroxyl groups excluding tert-OH is 1. The Labute approximate surface area is 105 Å². The van der Waals surface area contributed by atoms with E-state index < -0.39 is 0 Å². The molecular formula is C15H23NO. The standard InChI is InChI=1S/C15H23NO/c1-2-16(12-6-7-14-17)13-8-11-15-9-4-3-5-10-15/h3-5,8-11,17H,2,6-7,12-14H2,1H3/b11-8+. The van der Waals surface area contributed by atoms with Crippen molar-refractivity contribution in [1.82, 2.24) is 4.90 Å². The van der Waals surface area contributed by atoms with Crippen LogP contribution >= 0.6 is 0 Å². The Bertz CT molecular complexity index is 308. The van der Waals surface area contributed by atoms with Crippen molar-refractivity contribution in [2.24, 2.45) is 0 Å². The van der Waals surface area contributed by atoms with Crippen LogP contribution in [0.1, 0.15) is 25.3 Å². The Hall–Kier alpha value is -1.12. The first kappa shape index (κ1) is 13.9. The van der Waals surface area contributed by atoms with Crippen LogP contribution < -0.4 is 0 Å². The molecule has 0 unspecified atom stereocenters. The predicted octanol–water partition coefficient (Wildman–Crippen LogP) is 2.79. The Balaban J connectivity index is 2.29. The maximum absolute atomic E-state index is 8.74. The van der Waals surface area contributed by atoms with Crippen molar-refractivity contribution in [2.45, 2.75) is 19.8 Å². The summed E-state index contributed by atoms with van der Waals surface area (Å²) >= 11 is 0. The molecule has 0 saturated heterocycles. The maximum atomic E-state index is 8.74. The predicted molar refractivity (Wildman–Crippen MR) is 73.9 cm³/mol. The molecule has 1 rings (SSSR count). The zero-order chi connectivity index (χ0) is 12.3. The summed E-state index contributed by atoms with van der Waals surface area (Å²) in [7, 11) is 0. The molecule has 0 fully saturated rings. The van der Waals surface area contributed by atoms with Gasteiger partial charge in [-0.2, -0.15) is 0 Å². The molecule has 0 aliphatic carbocycles. The number of rotatable bonds is 8. The third kappa shape index (κ3) is 6.25. The largest absolute Gasteiger partial charge is 0.396 e. The number of unbranched alkanes of at least 4 members (excludes halogenated alkanes) is 1. The third-order valence-corrected chi connectivity index (χ3v) is 2.80. The van der Waals surface area contributed by atoms with Gasteiger partial charge in [-0.05, 0) is 31.5 Å². The van der Waals surface area contributed by atoms with E-state index >= 15 is 0 Å². The highest BCUT2D eigenvalue weighted by molar-refractivity contribution is 5.48. The molecule has 0 atom stereocenters. The number of aliphatic hydroxyl groups is 1. The summed E-state index contributed by atoms with van der Waals surface area (Å²) in [6.45, 7) is 5.59. The summed E-state index contributed by atoms with van der Waals surface area (Å²) in [6, 6.07) is 10.4. The van der Waals surface area contributed by atoms with Gasteiger partial charge < -0.3 is 5.11 Å². The lowest BCUT2D eigenvalue weighted by Gasteiger charge is -2.17. The van der Waals surface area contributed by atoms with E-state index in [-0.39, 0.29) is 0 Å². The van der Waals surface area contributed by atoms with Gasteiger partial charge in [0.1, 0.15) is 0 Å². The van der Waals surface area contributed by atoms with Gasteiger partial charge >= 0.3 is 0 Å². The first-order valence-electron chi connectivity index (χ1n) is 6.41. The van der Waals surface area contributed by atoms with E-state index in [0.29, 0.717) is 6.61 Å². The quantitative estimate of drug-likeness (QED) is 0.698. The van der Waals surface area contributed by atoms with Crippen LogP contribution in [0.2, 0.25) is 0 Å². The van der Waals surface area contributed by atoms with Crippen LogP contribution in [0.25, 0.3) is 6.08 Å². The molecular weight excluding hydrogens is 210 g/mol. The fourth-order valence-electron chi connectivity index (χ4n) is 1.73. The van der Waals surface area contributed by atoms with E-state index in [0.717, 1.165) is 32.5 Å². The van der Waals surface area contributed by atoms with E-state index in [1.807, 2.05) is 6.07 Å². The van der Waals surface area contributed by atoms with Crippen molar-refractivity contribution in [3.63, 3.8) is 0 Å². The fraction of sp³-hybridized carbons (Fsp3) is 0.467. The van der Waals surface area contributed by atoms with Crippen LogP contribution in [0.4, 0.5) is 0 Å². The van der Waals surface area contributed by atoms with Crippen molar-refractivity contribution < 1.29 is 5.11 Å². The molecule has 2 heteroatoms. The second-order valence-corrected chi connectivity index (χ2v) is 4.14. The topological polar surface area (TPSA) is 23.5 Å². The molecule has 0 heterocycles. The number of likely N-dealkylation sites (N-methyl/N-ethyl adjacent to an activating group) is 1. The van der Waals surface area contributed by atoms with E-state index in [4.69, 9.17) is 5.11 Å². The molecule has 1 N–H and O–H groups in total. The van der Waals surface area contributed by atoms with Gasteiger partial charge in [-0.15, -0.1) is 0 Å². The van der Waals surface area contributed by atoms with Gasteiger partial charge in [0.15, 0.2) is 0 Å². The van der Waals surface area contributed by atoms with Crippen molar-refractivity contribution in [3.05, 3.63) is 42.0 Å². The second-order valence-electron chi connectivity index (χ2n) is 4.14. The number of benzene rings is 1. The van der Waals surface area contributed by atoms with Crippen LogP contribution in [-0.2, 0) is 0 Å². The summed E-state index contributed by atoms with van der Waals surface area (Å²) in [6.07, 6.45) is 6.34. The summed E-state index contributed by atoms with van der Waals surface area (Å²) in [5.74, 6) is 0.